The maximum atomic E-state index is 12.2. The number of carbonyl (C=O) groups excluding carboxylic acids is 2. The highest BCUT2D eigenvalue weighted by molar-refractivity contribution is 7.14. The number of urea groups is 1. The van der Waals surface area contributed by atoms with Gasteiger partial charge in [-0.2, -0.15) is 0 Å². The Hall–Kier alpha value is -2.90. The van der Waals surface area contributed by atoms with E-state index in [2.05, 4.69) is 20.9 Å². The second-order valence-electron chi connectivity index (χ2n) is 5.76. The van der Waals surface area contributed by atoms with Crippen molar-refractivity contribution in [2.24, 2.45) is 0 Å². The van der Waals surface area contributed by atoms with E-state index in [4.69, 9.17) is 11.6 Å². The highest BCUT2D eigenvalue weighted by Crippen LogP contribution is 2.18. The lowest BCUT2D eigenvalue weighted by Crippen LogP contribution is -2.23. The number of hydrogen-bond acceptors (Lipinski definition) is 4. The highest BCUT2D eigenvalue weighted by atomic mass is 35.5. The van der Waals surface area contributed by atoms with Crippen molar-refractivity contribution in [1.82, 2.24) is 10.3 Å². The van der Waals surface area contributed by atoms with Gasteiger partial charge >= 0.3 is 6.03 Å². The molecule has 3 amide bonds. The molecule has 1 aromatic heterocycles. The zero-order valence-electron chi connectivity index (χ0n) is 14.5. The normalized spacial score (nSPS) is 10.3. The van der Waals surface area contributed by atoms with Gasteiger partial charge in [0.2, 0.25) is 0 Å². The zero-order valence-corrected chi connectivity index (χ0v) is 16.0. The third-order valence-corrected chi connectivity index (χ3v) is 4.79. The number of amides is 3. The van der Waals surface area contributed by atoms with Gasteiger partial charge in [-0.25, -0.2) is 9.78 Å². The molecule has 0 saturated carbocycles. The number of carbonyl (C=O) groups is 2. The molecule has 0 saturated heterocycles. The summed E-state index contributed by atoms with van der Waals surface area (Å²) in [4.78, 5) is 28.4. The van der Waals surface area contributed by atoms with Crippen LogP contribution >= 0.6 is 22.9 Å². The first-order valence-corrected chi connectivity index (χ1v) is 9.39. The molecule has 0 radical (unpaired) electrons. The fraction of sp³-hybridized carbons (Fsp3) is 0.105. The standard InChI is InChI=1S/C19H17ClN4O2S/c1-12-6-8-14(9-7-12)22-18(26)24-19-23-16(11-27-19)17(25)21-10-13-4-2-3-5-15(13)20/h2-9,11H,10H2,1H3,(H,21,25)(H2,22,23,24,26). The largest absolute Gasteiger partial charge is 0.347 e. The smallest absolute Gasteiger partial charge is 0.325 e. The Labute approximate surface area is 165 Å². The van der Waals surface area contributed by atoms with Crippen molar-refractivity contribution in [1.29, 1.82) is 0 Å². The summed E-state index contributed by atoms with van der Waals surface area (Å²) in [5.74, 6) is -0.335. The number of nitrogens with one attached hydrogen (secondary N) is 3. The average molecular weight is 401 g/mol. The van der Waals surface area contributed by atoms with E-state index in [1.807, 2.05) is 49.4 Å². The number of anilines is 2. The second kappa shape index (κ2) is 8.66. The van der Waals surface area contributed by atoms with E-state index in [1.165, 1.54) is 11.3 Å². The first kappa shape index (κ1) is 18.9. The molecule has 6 nitrogen and oxygen atoms in total. The van der Waals surface area contributed by atoms with Crippen LogP contribution in [0, 0.1) is 6.92 Å². The Balaban J connectivity index is 1.54. The summed E-state index contributed by atoms with van der Waals surface area (Å²) in [5.41, 5.74) is 2.83. The molecule has 27 heavy (non-hydrogen) atoms. The molecule has 0 aliphatic rings. The van der Waals surface area contributed by atoms with Gasteiger partial charge in [-0.1, -0.05) is 47.5 Å². The van der Waals surface area contributed by atoms with Crippen molar-refractivity contribution in [3.8, 4) is 0 Å². The summed E-state index contributed by atoms with van der Waals surface area (Å²) in [6, 6.07) is 14.3. The number of nitrogens with zero attached hydrogens (tertiary/aromatic N) is 1. The predicted molar refractivity (Wildman–Crippen MR) is 109 cm³/mol. The minimum atomic E-state index is -0.420. The molecule has 3 rings (SSSR count). The van der Waals surface area contributed by atoms with Crippen LogP contribution in [0.1, 0.15) is 21.6 Å². The molecular formula is C19H17ClN4O2S. The topological polar surface area (TPSA) is 83.1 Å². The number of halogens is 1. The molecule has 8 heteroatoms. The average Bonchev–Trinajstić information content (AvgIpc) is 3.11. The van der Waals surface area contributed by atoms with Crippen molar-refractivity contribution < 1.29 is 9.59 Å². The fourth-order valence-corrected chi connectivity index (χ4v) is 3.13. The van der Waals surface area contributed by atoms with Crippen LogP contribution < -0.4 is 16.0 Å². The molecule has 3 aromatic rings. The zero-order chi connectivity index (χ0) is 19.2. The van der Waals surface area contributed by atoms with Gasteiger partial charge in [0.1, 0.15) is 5.69 Å². The van der Waals surface area contributed by atoms with E-state index >= 15 is 0 Å². The van der Waals surface area contributed by atoms with Gasteiger partial charge in [0.05, 0.1) is 0 Å². The number of aryl methyl sites for hydroxylation is 1. The Morgan fingerprint density at radius 3 is 2.56 bits per heavy atom. The van der Waals surface area contributed by atoms with Crippen LogP contribution in [0.4, 0.5) is 15.6 Å². The molecule has 2 aromatic carbocycles. The SMILES string of the molecule is Cc1ccc(NC(=O)Nc2nc(C(=O)NCc3ccccc3Cl)cs2)cc1. The van der Waals surface area contributed by atoms with E-state index in [1.54, 1.807) is 11.4 Å². The number of thiazole rings is 1. The van der Waals surface area contributed by atoms with Crippen molar-refractivity contribution in [3.63, 3.8) is 0 Å². The van der Waals surface area contributed by atoms with E-state index in [0.717, 1.165) is 11.1 Å². The van der Waals surface area contributed by atoms with Crippen molar-refractivity contribution >= 4 is 45.7 Å². The fourth-order valence-electron chi connectivity index (χ4n) is 2.24. The first-order valence-electron chi connectivity index (χ1n) is 8.13. The molecule has 0 fully saturated rings. The number of hydrogen-bond donors (Lipinski definition) is 3. The van der Waals surface area contributed by atoms with Gasteiger partial charge in [-0.3, -0.25) is 10.1 Å². The van der Waals surface area contributed by atoms with Crippen LogP contribution in [-0.2, 0) is 6.54 Å². The quantitative estimate of drug-likeness (QED) is 0.581. The van der Waals surface area contributed by atoms with Gasteiger partial charge in [0.25, 0.3) is 5.91 Å². The van der Waals surface area contributed by atoms with E-state index < -0.39 is 6.03 Å². The van der Waals surface area contributed by atoms with Gasteiger partial charge in [0.15, 0.2) is 5.13 Å². The van der Waals surface area contributed by atoms with Gasteiger partial charge in [-0.05, 0) is 30.7 Å². The molecule has 0 unspecified atom stereocenters. The number of benzene rings is 2. The molecule has 0 spiro atoms. The maximum Gasteiger partial charge on any atom is 0.325 e. The molecule has 0 bridgehead atoms. The summed E-state index contributed by atoms with van der Waals surface area (Å²) in [7, 11) is 0. The monoisotopic (exact) mass is 400 g/mol. The van der Waals surface area contributed by atoms with E-state index in [-0.39, 0.29) is 11.6 Å². The van der Waals surface area contributed by atoms with Crippen LogP contribution in [0.25, 0.3) is 0 Å². The molecule has 3 N–H and O–H groups in total. The van der Waals surface area contributed by atoms with Crippen LogP contribution in [0.5, 0.6) is 0 Å². The maximum absolute atomic E-state index is 12.2. The van der Waals surface area contributed by atoms with Crippen LogP contribution in [0.3, 0.4) is 0 Å². The minimum Gasteiger partial charge on any atom is -0.347 e. The molecule has 138 valence electrons. The summed E-state index contributed by atoms with van der Waals surface area (Å²) in [6.45, 7) is 2.27. The number of aromatic nitrogens is 1. The van der Waals surface area contributed by atoms with Gasteiger partial charge < -0.3 is 10.6 Å². The summed E-state index contributed by atoms with van der Waals surface area (Å²) in [5, 5.41) is 10.6. The Kier molecular flexibility index (Phi) is 6.05. The van der Waals surface area contributed by atoms with Crippen LogP contribution in [-0.4, -0.2) is 16.9 Å². The molecular weight excluding hydrogens is 384 g/mol. The lowest BCUT2D eigenvalue weighted by atomic mass is 10.2. The predicted octanol–water partition coefficient (Wildman–Crippen LogP) is 4.68. The minimum absolute atomic E-state index is 0.234. The second-order valence-corrected chi connectivity index (χ2v) is 7.02. The molecule has 0 aliphatic heterocycles. The first-order chi connectivity index (χ1) is 13.0. The summed E-state index contributed by atoms with van der Waals surface area (Å²) in [6.07, 6.45) is 0. The van der Waals surface area contributed by atoms with E-state index in [9.17, 15) is 9.59 Å². The third kappa shape index (κ3) is 5.29. The summed E-state index contributed by atoms with van der Waals surface area (Å²) < 4.78 is 0. The highest BCUT2D eigenvalue weighted by Gasteiger charge is 2.13. The third-order valence-electron chi connectivity index (χ3n) is 3.66. The molecule has 1 heterocycles. The van der Waals surface area contributed by atoms with E-state index in [0.29, 0.717) is 22.4 Å². The van der Waals surface area contributed by atoms with Gasteiger partial charge in [0, 0.05) is 22.6 Å². The van der Waals surface area contributed by atoms with Gasteiger partial charge in [-0.15, -0.1) is 11.3 Å². The van der Waals surface area contributed by atoms with Crippen LogP contribution in [0.2, 0.25) is 5.02 Å². The van der Waals surface area contributed by atoms with Crippen molar-refractivity contribution in [3.05, 3.63) is 75.8 Å². The Morgan fingerprint density at radius 1 is 1.07 bits per heavy atom. The summed E-state index contributed by atoms with van der Waals surface area (Å²) >= 11 is 7.24. The lowest BCUT2D eigenvalue weighted by Gasteiger charge is -2.06. The Bertz CT molecular complexity index is 956. The van der Waals surface area contributed by atoms with Crippen molar-refractivity contribution in [2.75, 3.05) is 10.6 Å². The Morgan fingerprint density at radius 2 is 1.81 bits per heavy atom. The molecule has 0 aliphatic carbocycles. The van der Waals surface area contributed by atoms with Crippen LogP contribution in [0.15, 0.2) is 53.9 Å². The van der Waals surface area contributed by atoms with Crippen molar-refractivity contribution in [2.45, 2.75) is 13.5 Å². The molecule has 0 atom stereocenters. The lowest BCUT2D eigenvalue weighted by molar-refractivity contribution is 0.0946. The number of rotatable bonds is 5.